The summed E-state index contributed by atoms with van der Waals surface area (Å²) < 4.78 is 5.15. The van der Waals surface area contributed by atoms with E-state index in [0.717, 1.165) is 12.8 Å². The Labute approximate surface area is 562 Å². The fourth-order valence-electron chi connectivity index (χ4n) is 7.20. The van der Waals surface area contributed by atoms with Crippen LogP contribution in [0.15, 0.2) is 117 Å². The van der Waals surface area contributed by atoms with Crippen LogP contribution >= 0.6 is 98.5 Å². The van der Waals surface area contributed by atoms with Crippen LogP contribution in [0.1, 0.15) is 70.9 Å². The maximum atomic E-state index is 13.0. The number of para-hydroxylation sites is 2. The molecule has 3 aliphatic rings. The Morgan fingerprint density at radius 1 is 0.611 bits per heavy atom. The van der Waals surface area contributed by atoms with Crippen molar-refractivity contribution in [2.24, 2.45) is 17.2 Å². The molecule has 3 aliphatic carbocycles. The lowest BCUT2D eigenvalue weighted by molar-refractivity contribution is -0.138. The van der Waals surface area contributed by atoms with Gasteiger partial charge in [-0.15, -0.1) is 23.2 Å². The summed E-state index contributed by atoms with van der Waals surface area (Å²) in [6, 6.07) is 15.1. The zero-order valence-corrected chi connectivity index (χ0v) is 56.0. The van der Waals surface area contributed by atoms with Gasteiger partial charge in [0.2, 0.25) is 17.1 Å². The van der Waals surface area contributed by atoms with Crippen LogP contribution in [0.2, 0.25) is 0 Å². The minimum absolute atomic E-state index is 0.00859. The number of nitrogen functional groups attached to an aromatic ring is 1. The van der Waals surface area contributed by atoms with E-state index < -0.39 is 23.0 Å². The van der Waals surface area contributed by atoms with Crippen LogP contribution in [0, 0.1) is 0 Å². The molecule has 6 heterocycles. The summed E-state index contributed by atoms with van der Waals surface area (Å²) in [5.74, 6) is -2.23. The van der Waals surface area contributed by atoms with Crippen LogP contribution in [0.25, 0.3) is 21.8 Å². The number of carboxylic acid groups (broad SMARTS) is 1. The van der Waals surface area contributed by atoms with Crippen LogP contribution in [0.4, 0.5) is 11.6 Å². The number of aromatic nitrogens is 12. The quantitative estimate of drug-likeness (QED) is 0.0352. The van der Waals surface area contributed by atoms with E-state index >= 15 is 0 Å². The Balaban J connectivity index is 0.000000210. The molecule has 28 nitrogen and oxygen atoms in total. The van der Waals surface area contributed by atoms with Crippen molar-refractivity contribution in [3.05, 3.63) is 139 Å². The second-order valence-electron chi connectivity index (χ2n) is 19.2. The van der Waals surface area contributed by atoms with Crippen molar-refractivity contribution in [2.75, 3.05) is 35.9 Å². The molecule has 476 valence electrons. The van der Waals surface area contributed by atoms with Gasteiger partial charge in [0.05, 0.1) is 90.7 Å². The normalized spacial score (nSPS) is 12.5. The zero-order chi connectivity index (χ0) is 65.9. The second kappa shape index (κ2) is 37.7. The molecule has 0 unspecified atom stereocenters. The maximum Gasteiger partial charge on any atom is 0.325 e. The molecular weight excluding hydrogens is 1500 g/mol. The summed E-state index contributed by atoms with van der Waals surface area (Å²) in [6.07, 6.45) is 19.5. The second-order valence-corrected chi connectivity index (χ2v) is 23.4. The number of carbonyl (C=O) groups is 8. The van der Waals surface area contributed by atoms with E-state index in [2.05, 4.69) is 124 Å². The molecular formula is C55H58Br4Cl3N19O9. The topological polar surface area (TPSA) is 427 Å². The number of hydrogen-bond acceptors (Lipinski definition) is 21. The van der Waals surface area contributed by atoms with E-state index in [1.54, 1.807) is 79.5 Å². The highest BCUT2D eigenvalue weighted by molar-refractivity contribution is 9.11. The highest BCUT2D eigenvalue weighted by atomic mass is 79.9. The summed E-state index contributed by atoms with van der Waals surface area (Å²) >= 11 is 27.6. The van der Waals surface area contributed by atoms with Gasteiger partial charge in [-0.05, 0) is 126 Å². The van der Waals surface area contributed by atoms with Gasteiger partial charge in [0.15, 0.2) is 28.8 Å². The monoisotopic (exact) mass is 1550 g/mol. The number of rotatable bonds is 19. The van der Waals surface area contributed by atoms with E-state index in [9.17, 15) is 38.4 Å². The van der Waals surface area contributed by atoms with Gasteiger partial charge in [0.25, 0.3) is 11.8 Å². The first kappa shape index (κ1) is 73.3. The van der Waals surface area contributed by atoms with Gasteiger partial charge >= 0.3 is 5.97 Å². The number of carbonyl (C=O) groups excluding carboxylic acids is 7. The molecule has 0 atom stereocenters. The predicted octanol–water partition coefficient (Wildman–Crippen LogP) is 6.15. The van der Waals surface area contributed by atoms with Crippen LogP contribution < -0.4 is 33.6 Å². The SMILES string of the molecule is NC(=O)c1nn(CC(=O)N(CC(=O)Nc2cncc(Br)n2)C2CC2)c2ccccc12.NC(=O)c1nn(CC(=O)O)c2ccccc12.NC1CC1.Nc1cncc(Br)n1.O=C(CCl)Cc1cncc(Br)n1.O=C(CNC1CC1)Cc1cncc(Br)n1.O=C(Cl)CCl. The predicted molar refractivity (Wildman–Crippen MR) is 349 cm³/mol. The van der Waals surface area contributed by atoms with Crippen LogP contribution in [-0.2, 0) is 54.7 Å². The number of nitrogens with two attached hydrogens (primary N) is 4. The minimum atomic E-state index is -1.02. The molecule has 0 spiro atoms. The number of anilines is 2. The number of Topliss-reactive ketones (excluding diaryl/α,β-unsaturated/α-hetero) is 2. The van der Waals surface area contributed by atoms with E-state index in [-0.39, 0.29) is 78.6 Å². The van der Waals surface area contributed by atoms with Gasteiger partial charge in [0.1, 0.15) is 43.9 Å². The number of nitrogens with one attached hydrogen (secondary N) is 2. The van der Waals surface area contributed by atoms with Crippen LogP contribution in [-0.4, -0.2) is 159 Å². The Bertz CT molecular complexity index is 3770. The molecule has 35 heteroatoms. The summed E-state index contributed by atoms with van der Waals surface area (Å²) in [4.78, 5) is 124. The molecule has 2 aromatic carbocycles. The van der Waals surface area contributed by atoms with E-state index in [0.29, 0.717) is 88.3 Å². The number of halogens is 7. The first-order valence-corrected chi connectivity index (χ1v) is 31.3. The minimum Gasteiger partial charge on any atom is -0.480 e. The zero-order valence-electron chi connectivity index (χ0n) is 47.4. The average molecular weight is 1560 g/mol. The molecule has 8 aromatic rings. The van der Waals surface area contributed by atoms with Gasteiger partial charge < -0.3 is 43.6 Å². The third kappa shape index (κ3) is 27.4. The Kier molecular flexibility index (Phi) is 30.7. The van der Waals surface area contributed by atoms with E-state index in [1.165, 1.54) is 58.5 Å². The number of primary amides is 2. The van der Waals surface area contributed by atoms with Crippen molar-refractivity contribution >= 4 is 178 Å². The number of nitrogens with zero attached hydrogens (tertiary/aromatic N) is 13. The van der Waals surface area contributed by atoms with Crippen molar-refractivity contribution in [3.63, 3.8) is 0 Å². The Hall–Kier alpha value is -7.43. The smallest absolute Gasteiger partial charge is 0.325 e. The highest BCUT2D eigenvalue weighted by Crippen LogP contribution is 2.28. The first-order valence-electron chi connectivity index (χ1n) is 26.7. The number of alkyl halides is 2. The van der Waals surface area contributed by atoms with Gasteiger partial charge in [-0.2, -0.15) is 10.2 Å². The fraction of sp³-hybridized carbons (Fsp3) is 0.309. The van der Waals surface area contributed by atoms with Gasteiger partial charge in [-0.25, -0.2) is 19.9 Å². The standard InChI is InChI=1S/C19H18BrN7O3.C10H12BrN3O.C10H9N3O3.C7H6BrClN2O.C4H4BrN3.C3H7N.C2H2Cl2O/c20-14-7-22-8-15(23-14)24-16(28)9-26(11-5-6-11)17(29)10-27-13-4-2-1-3-12(13)18(25-27)19(21)30;11-10-6-12-4-8(14-10)3-9(15)5-13-7-1-2-7;11-10(16)9-6-3-1-2-4-7(6)13(12-9)5-8(14)15;8-7-4-10-3-5(11-7)1-6(12)2-9;5-3-1-7-2-4(6)8-3;4-3-1-2-3;3-1-2(4)5/h1-4,7-8,11H,5-6,9-10H2,(H2,21,30)(H,23,24,28);4,6-7,13H,1-3,5H2;1-4H,5H2,(H2,11,16)(H,14,15);3-4H,1-2H2;1-2H,(H2,6,8);3H,1-2,4H2;1H2. The molecule has 0 aliphatic heterocycles. The average Bonchev–Trinajstić information content (AvgIpc) is 1.72. The van der Waals surface area contributed by atoms with Crippen LogP contribution in [0.3, 0.4) is 0 Å². The first-order chi connectivity index (χ1) is 42.9. The maximum absolute atomic E-state index is 13.0. The van der Waals surface area contributed by atoms with Crippen molar-refractivity contribution in [2.45, 2.75) is 82.6 Å². The number of carboxylic acids is 1. The highest BCUT2D eigenvalue weighted by Gasteiger charge is 2.34. The number of benzene rings is 2. The van der Waals surface area contributed by atoms with Crippen molar-refractivity contribution < 1.29 is 43.5 Å². The summed E-state index contributed by atoms with van der Waals surface area (Å²) in [5.41, 5.74) is 23.8. The molecule has 11 rings (SSSR count). The summed E-state index contributed by atoms with van der Waals surface area (Å²) in [5, 5.41) is 23.3. The Morgan fingerprint density at radius 3 is 1.47 bits per heavy atom. The molecule has 11 N–H and O–H groups in total. The number of ketones is 2. The lowest BCUT2D eigenvalue weighted by Gasteiger charge is -2.22. The summed E-state index contributed by atoms with van der Waals surface area (Å²) in [7, 11) is 0. The lowest BCUT2D eigenvalue weighted by atomic mass is 10.2. The van der Waals surface area contributed by atoms with Crippen LogP contribution in [0.5, 0.6) is 0 Å². The Morgan fingerprint density at radius 2 is 1.07 bits per heavy atom. The number of aliphatic carboxylic acids is 1. The molecule has 0 bridgehead atoms. The molecule has 3 saturated carbocycles. The molecule has 0 saturated heterocycles. The lowest BCUT2D eigenvalue weighted by Crippen LogP contribution is -2.41. The molecule has 6 aromatic heterocycles. The molecule has 0 radical (unpaired) electrons. The van der Waals surface area contributed by atoms with E-state index in [1.807, 2.05) is 0 Å². The van der Waals surface area contributed by atoms with Gasteiger partial charge in [-0.1, -0.05) is 36.4 Å². The molecule has 4 amide bonds. The number of hydrogen-bond donors (Lipinski definition) is 7. The third-order valence-corrected chi connectivity index (χ3v) is 13.9. The third-order valence-electron chi connectivity index (χ3n) is 11.6. The molecule has 90 heavy (non-hydrogen) atoms. The largest absolute Gasteiger partial charge is 0.480 e. The fourth-order valence-corrected chi connectivity index (χ4v) is 8.61. The van der Waals surface area contributed by atoms with Crippen molar-refractivity contribution in [1.82, 2.24) is 69.6 Å². The van der Waals surface area contributed by atoms with E-state index in [4.69, 9.17) is 62.8 Å². The molecule has 3 fully saturated rings. The number of fused-ring (bicyclic) bond motifs is 2. The number of amides is 4. The van der Waals surface area contributed by atoms with Crippen molar-refractivity contribution in [1.29, 1.82) is 0 Å². The summed E-state index contributed by atoms with van der Waals surface area (Å²) in [6.45, 7) is -0.0690. The van der Waals surface area contributed by atoms with Crippen molar-refractivity contribution in [3.8, 4) is 0 Å². The van der Waals surface area contributed by atoms with Gasteiger partial charge in [-0.3, -0.25) is 67.7 Å². The van der Waals surface area contributed by atoms with Gasteiger partial charge in [0, 0.05) is 41.3 Å².